The first-order valence-electron chi connectivity index (χ1n) is 11.4. The number of ether oxygens (including phenoxy) is 2. The number of aromatic nitrogens is 2. The summed E-state index contributed by atoms with van der Waals surface area (Å²) in [5.41, 5.74) is 1.64. The van der Waals surface area contributed by atoms with Gasteiger partial charge in [0.05, 0.1) is 18.8 Å². The zero-order valence-corrected chi connectivity index (χ0v) is 18.5. The Balaban J connectivity index is 0.000000821. The zero-order chi connectivity index (χ0) is 23.3. The van der Waals surface area contributed by atoms with Gasteiger partial charge in [-0.3, -0.25) is 14.4 Å². The number of H-pyrrole nitrogens is 1. The number of piperidine rings is 1. The molecule has 1 saturated heterocycles. The number of fused-ring (bicyclic) bond motifs is 2. The molecule has 1 aromatic heterocycles. The van der Waals surface area contributed by atoms with Crippen LogP contribution in [-0.4, -0.2) is 58.7 Å². The van der Waals surface area contributed by atoms with Gasteiger partial charge in [-0.2, -0.15) is 0 Å². The van der Waals surface area contributed by atoms with E-state index in [-0.39, 0.29) is 23.7 Å². The van der Waals surface area contributed by atoms with Crippen LogP contribution in [0.4, 0.5) is 0 Å². The third kappa shape index (κ3) is 4.93. The fraction of sp³-hybridized carbons (Fsp3) is 0.500. The van der Waals surface area contributed by atoms with Crippen molar-refractivity contribution < 1.29 is 24.2 Å². The maximum absolute atomic E-state index is 12.7. The molecule has 5 rings (SSSR count). The predicted octanol–water partition coefficient (Wildman–Crippen LogP) is 2.35. The van der Waals surface area contributed by atoms with Gasteiger partial charge in [-0.15, -0.1) is 0 Å². The molecule has 176 valence electrons. The zero-order valence-electron chi connectivity index (χ0n) is 18.5. The minimum Gasteiger partial charge on any atom is -0.493 e. The number of nitrogens with one attached hydrogen (secondary N) is 1. The molecule has 0 bridgehead atoms. The molecular formula is C24H29N3O6. The highest BCUT2D eigenvalue weighted by molar-refractivity contribution is 5.92. The van der Waals surface area contributed by atoms with E-state index in [2.05, 4.69) is 28.2 Å². The van der Waals surface area contributed by atoms with Gasteiger partial charge >= 0.3 is 0 Å². The second-order valence-electron chi connectivity index (χ2n) is 8.68. The van der Waals surface area contributed by atoms with Crippen molar-refractivity contribution in [3.8, 4) is 5.75 Å². The summed E-state index contributed by atoms with van der Waals surface area (Å²) in [5, 5.41) is 6.89. The number of hydrogen-bond acceptors (Lipinski definition) is 6. The average molecular weight is 456 g/mol. The Morgan fingerprint density at radius 2 is 2.09 bits per heavy atom. The van der Waals surface area contributed by atoms with Gasteiger partial charge in [0, 0.05) is 25.5 Å². The van der Waals surface area contributed by atoms with E-state index >= 15 is 0 Å². The first-order valence-corrected chi connectivity index (χ1v) is 11.4. The van der Waals surface area contributed by atoms with Gasteiger partial charge in [-0.25, -0.2) is 4.98 Å². The second kappa shape index (κ2) is 10.2. The Morgan fingerprint density at radius 1 is 1.33 bits per heavy atom. The Labute approximate surface area is 191 Å². The standard InChI is InChI=1S/C23H27N3O4.CH2O2/c27-21-20(24-9-10-25-21)22(28)26-11-7-23(8-12-26)19-5-4-18(14-17(19)6-13-30-23)29-15-16-2-1-3-16;2-1-3/h4-5,9-10,14,16H,1-3,6-8,11-13,15H2,(H,25,27);1H,(H,2,3). The molecule has 9 heteroatoms. The van der Waals surface area contributed by atoms with Gasteiger partial charge < -0.3 is 24.5 Å². The largest absolute Gasteiger partial charge is 0.493 e. The molecule has 0 unspecified atom stereocenters. The van der Waals surface area contributed by atoms with Crippen molar-refractivity contribution in [3.63, 3.8) is 0 Å². The average Bonchev–Trinajstić information content (AvgIpc) is 2.79. The molecule has 1 aromatic carbocycles. The summed E-state index contributed by atoms with van der Waals surface area (Å²) in [6, 6.07) is 6.37. The minimum absolute atomic E-state index is 0.0494. The lowest BCUT2D eigenvalue weighted by Crippen LogP contribution is -2.49. The van der Waals surface area contributed by atoms with Gasteiger partial charge in [-0.1, -0.05) is 12.5 Å². The first kappa shape index (κ1) is 23.0. The first-order chi connectivity index (χ1) is 16.1. The van der Waals surface area contributed by atoms with Gasteiger partial charge in [0.25, 0.3) is 17.9 Å². The van der Waals surface area contributed by atoms with Crippen LogP contribution < -0.4 is 10.3 Å². The molecule has 2 aliphatic heterocycles. The quantitative estimate of drug-likeness (QED) is 0.679. The summed E-state index contributed by atoms with van der Waals surface area (Å²) in [6.07, 6.45) is 9.04. The SMILES string of the molecule is O=C(c1ncc[nH]c1=O)N1CCC2(CC1)OCCc1cc(OCC3CCC3)ccc12.O=CO. The number of aromatic amines is 1. The number of amides is 1. The number of benzene rings is 1. The molecule has 0 radical (unpaired) electrons. The van der Waals surface area contributed by atoms with Crippen molar-refractivity contribution in [3.05, 3.63) is 57.8 Å². The van der Waals surface area contributed by atoms with Crippen LogP contribution in [0.3, 0.4) is 0 Å². The number of likely N-dealkylation sites (tertiary alicyclic amines) is 1. The Hall–Kier alpha value is -3.20. The summed E-state index contributed by atoms with van der Waals surface area (Å²) < 4.78 is 12.3. The lowest BCUT2D eigenvalue weighted by molar-refractivity contribution is -0.122. The van der Waals surface area contributed by atoms with Crippen molar-refractivity contribution in [2.45, 2.75) is 44.1 Å². The number of carbonyl (C=O) groups is 2. The van der Waals surface area contributed by atoms with Crippen LogP contribution in [0.5, 0.6) is 5.75 Å². The normalized spacial score (nSPS) is 19.0. The van der Waals surface area contributed by atoms with Crippen molar-refractivity contribution in [1.29, 1.82) is 0 Å². The van der Waals surface area contributed by atoms with E-state index in [0.29, 0.717) is 38.5 Å². The molecule has 2 fully saturated rings. The van der Waals surface area contributed by atoms with Crippen LogP contribution in [0.1, 0.15) is 53.7 Å². The molecule has 1 amide bonds. The third-order valence-corrected chi connectivity index (χ3v) is 6.80. The molecule has 2 aromatic rings. The molecule has 1 saturated carbocycles. The molecule has 9 nitrogen and oxygen atoms in total. The topological polar surface area (TPSA) is 122 Å². The molecule has 3 aliphatic rings. The summed E-state index contributed by atoms with van der Waals surface area (Å²) >= 11 is 0. The van der Waals surface area contributed by atoms with Gasteiger partial charge in [0.1, 0.15) is 5.75 Å². The number of nitrogens with zero attached hydrogens (tertiary/aromatic N) is 2. The van der Waals surface area contributed by atoms with E-state index in [9.17, 15) is 9.59 Å². The van der Waals surface area contributed by atoms with Crippen molar-refractivity contribution in [1.82, 2.24) is 14.9 Å². The molecule has 2 N–H and O–H groups in total. The summed E-state index contributed by atoms with van der Waals surface area (Å²) in [7, 11) is 0. The monoisotopic (exact) mass is 455 g/mol. The fourth-order valence-corrected chi connectivity index (χ4v) is 4.76. The van der Waals surface area contributed by atoms with E-state index in [4.69, 9.17) is 19.4 Å². The Morgan fingerprint density at radius 3 is 2.76 bits per heavy atom. The molecule has 1 spiro atoms. The lowest BCUT2D eigenvalue weighted by Gasteiger charge is -2.45. The number of rotatable bonds is 4. The smallest absolute Gasteiger partial charge is 0.290 e. The Bertz CT molecular complexity index is 1040. The summed E-state index contributed by atoms with van der Waals surface area (Å²) in [6.45, 7) is 2.31. The van der Waals surface area contributed by atoms with E-state index < -0.39 is 5.56 Å². The fourth-order valence-electron chi connectivity index (χ4n) is 4.76. The lowest BCUT2D eigenvalue weighted by atomic mass is 9.79. The minimum atomic E-state index is -0.448. The van der Waals surface area contributed by atoms with Crippen LogP contribution in [0.25, 0.3) is 0 Å². The van der Waals surface area contributed by atoms with E-state index in [1.165, 1.54) is 42.8 Å². The van der Waals surface area contributed by atoms with Crippen molar-refractivity contribution in [2.75, 3.05) is 26.3 Å². The highest BCUT2D eigenvalue weighted by atomic mass is 16.5. The van der Waals surface area contributed by atoms with Gasteiger partial charge in [-0.05, 0) is 61.3 Å². The molecular weight excluding hydrogens is 426 g/mol. The highest BCUT2D eigenvalue weighted by Crippen LogP contribution is 2.42. The third-order valence-electron chi connectivity index (χ3n) is 6.80. The molecule has 1 aliphatic carbocycles. The van der Waals surface area contributed by atoms with E-state index in [1.54, 1.807) is 4.90 Å². The van der Waals surface area contributed by atoms with Crippen LogP contribution in [0, 0.1) is 5.92 Å². The molecule has 3 heterocycles. The maximum atomic E-state index is 12.7. The maximum Gasteiger partial charge on any atom is 0.290 e. The van der Waals surface area contributed by atoms with E-state index in [1.807, 2.05) is 0 Å². The van der Waals surface area contributed by atoms with Gasteiger partial charge in [0.2, 0.25) is 0 Å². The van der Waals surface area contributed by atoms with Crippen molar-refractivity contribution in [2.24, 2.45) is 5.92 Å². The van der Waals surface area contributed by atoms with Gasteiger partial charge in [0.15, 0.2) is 5.69 Å². The number of carbonyl (C=O) groups excluding carboxylic acids is 1. The van der Waals surface area contributed by atoms with E-state index in [0.717, 1.165) is 18.8 Å². The second-order valence-corrected chi connectivity index (χ2v) is 8.68. The van der Waals surface area contributed by atoms with Crippen LogP contribution in [0.2, 0.25) is 0 Å². The number of carboxylic acid groups (broad SMARTS) is 1. The van der Waals surface area contributed by atoms with Crippen LogP contribution >= 0.6 is 0 Å². The summed E-state index contributed by atoms with van der Waals surface area (Å²) in [4.78, 5) is 41.2. The predicted molar refractivity (Wildman–Crippen MR) is 119 cm³/mol. The highest BCUT2D eigenvalue weighted by Gasteiger charge is 2.42. The van der Waals surface area contributed by atoms with Crippen molar-refractivity contribution >= 4 is 12.4 Å². The Kier molecular flexibility index (Phi) is 7.08. The molecule has 0 atom stereocenters. The molecule has 33 heavy (non-hydrogen) atoms. The number of hydrogen-bond donors (Lipinski definition) is 2. The van der Waals surface area contributed by atoms with Crippen LogP contribution in [0.15, 0.2) is 35.4 Å². The van der Waals surface area contributed by atoms with Crippen LogP contribution in [-0.2, 0) is 21.6 Å². The summed E-state index contributed by atoms with van der Waals surface area (Å²) in [5.74, 6) is 1.34.